The van der Waals surface area contributed by atoms with Crippen LogP contribution in [0.15, 0.2) is 0 Å². The van der Waals surface area contributed by atoms with Crippen LogP contribution in [0.1, 0.15) is 99.8 Å². The number of nitrogens with two attached hydrogens (primary N) is 1. The maximum absolute atomic E-state index is 12.6. The van der Waals surface area contributed by atoms with Crippen LogP contribution >= 0.6 is 0 Å². The van der Waals surface area contributed by atoms with E-state index >= 15 is 0 Å². The highest BCUT2D eigenvalue weighted by molar-refractivity contribution is 5.67. The van der Waals surface area contributed by atoms with E-state index in [9.17, 15) is 14.7 Å². The Morgan fingerprint density at radius 2 is 1.64 bits per heavy atom. The maximum atomic E-state index is 12.6. The number of rotatable bonds is 4. The molecule has 0 aromatic carbocycles. The normalized spacial score (nSPS) is 50.7. The van der Waals surface area contributed by atoms with Gasteiger partial charge in [0.2, 0.25) is 0 Å². The lowest BCUT2D eigenvalue weighted by Gasteiger charge is -2.63. The zero-order valence-electron chi connectivity index (χ0n) is 27.4. The molecule has 5 saturated carbocycles. The lowest BCUT2D eigenvalue weighted by Crippen LogP contribution is -2.60. The predicted octanol–water partition coefficient (Wildman–Crippen LogP) is 5.99. The SMILES string of the molecule is CC(C)[C@@H](OC(=O)N(C)C)[C@H]1C[C@@H](C)[C@H]2[C@H](O1)[C@H](O)[C@@]1(C)[C@@H]3CC[C@H]4C(C)(C)[C@@H](OC(N)=O)CC[C@@]45C[C@@]35CC[C@]21C. The molecule has 5 aliphatic carbocycles. The van der Waals surface area contributed by atoms with Gasteiger partial charge < -0.3 is 30.0 Å². The fourth-order valence-electron chi connectivity index (χ4n) is 12.7. The van der Waals surface area contributed by atoms with E-state index in [-0.39, 0.29) is 69.4 Å². The second-order valence-electron chi connectivity index (χ2n) is 17.0. The van der Waals surface area contributed by atoms with Crippen molar-refractivity contribution < 1.29 is 28.9 Å². The number of hydrogen-bond donors (Lipinski definition) is 2. The predicted molar refractivity (Wildman–Crippen MR) is 159 cm³/mol. The lowest BCUT2D eigenvalue weighted by atomic mass is 9.41. The molecule has 1 heterocycles. The summed E-state index contributed by atoms with van der Waals surface area (Å²) in [5.74, 6) is 1.66. The first kappa shape index (κ1) is 30.5. The van der Waals surface area contributed by atoms with Gasteiger partial charge in [-0.25, -0.2) is 9.59 Å². The van der Waals surface area contributed by atoms with Crippen molar-refractivity contribution in [2.24, 2.45) is 62.4 Å². The molecule has 1 saturated heterocycles. The second-order valence-corrected chi connectivity index (χ2v) is 17.0. The quantitative estimate of drug-likeness (QED) is 0.418. The fourth-order valence-corrected chi connectivity index (χ4v) is 12.7. The average molecular weight is 589 g/mol. The number of carbonyl (C=O) groups excluding carboxylic acids is 2. The Kier molecular flexibility index (Phi) is 6.88. The summed E-state index contributed by atoms with van der Waals surface area (Å²) in [6.07, 6.45) is 5.97. The van der Waals surface area contributed by atoms with E-state index in [2.05, 4.69) is 48.5 Å². The Labute approximate surface area is 252 Å². The third-order valence-electron chi connectivity index (χ3n) is 14.6. The summed E-state index contributed by atoms with van der Waals surface area (Å²) >= 11 is 0. The monoisotopic (exact) mass is 588 g/mol. The summed E-state index contributed by atoms with van der Waals surface area (Å²) in [4.78, 5) is 25.8. The Morgan fingerprint density at radius 3 is 2.26 bits per heavy atom. The van der Waals surface area contributed by atoms with Crippen LogP contribution in [0, 0.1) is 56.7 Å². The number of aliphatic hydroxyl groups is 1. The molecule has 0 radical (unpaired) electrons. The van der Waals surface area contributed by atoms with E-state index < -0.39 is 12.2 Å². The minimum Gasteiger partial charge on any atom is -0.446 e. The van der Waals surface area contributed by atoms with E-state index in [4.69, 9.17) is 19.9 Å². The highest BCUT2D eigenvalue weighted by Gasteiger charge is 2.84. The molecule has 6 fully saturated rings. The largest absolute Gasteiger partial charge is 0.446 e. The molecule has 238 valence electrons. The van der Waals surface area contributed by atoms with Crippen LogP contribution in [0.25, 0.3) is 0 Å². The molecule has 1 aliphatic heterocycles. The summed E-state index contributed by atoms with van der Waals surface area (Å²) < 4.78 is 18.6. The number of hydrogen-bond acceptors (Lipinski definition) is 6. The van der Waals surface area contributed by atoms with Crippen LogP contribution in [-0.2, 0) is 14.2 Å². The minimum atomic E-state index is -0.663. The summed E-state index contributed by atoms with van der Waals surface area (Å²) in [7, 11) is 3.42. The Hall–Kier alpha value is -1.54. The molecular weight excluding hydrogens is 532 g/mol. The molecule has 13 atom stereocenters. The van der Waals surface area contributed by atoms with Crippen molar-refractivity contribution in [2.75, 3.05) is 14.1 Å². The molecule has 8 heteroatoms. The van der Waals surface area contributed by atoms with E-state index in [1.807, 2.05) is 0 Å². The Bertz CT molecular complexity index is 1130. The van der Waals surface area contributed by atoms with Crippen LogP contribution in [0.3, 0.4) is 0 Å². The van der Waals surface area contributed by atoms with Gasteiger partial charge in [0.25, 0.3) is 0 Å². The standard InChI is InChI=1S/C34H56N2O6/c1-18(2)25(42-29(39)36(8)9)20-16-19(3)24-26(40-20)27(37)32(7)22-11-10-21-30(4,5)23(41-28(35)38)12-13-33(21)17-34(22,33)15-14-31(24,32)6/h18-27,37H,10-17H2,1-9H3,(H2,35,38)/t19-,20-,21+,22+,23+,24+,25-,26+,27+,31-,32-,33-,34+/m1/s1. The Balaban J connectivity index is 1.30. The average Bonchev–Trinajstić information content (AvgIpc) is 3.53. The molecule has 0 aromatic rings. The van der Waals surface area contributed by atoms with Gasteiger partial charge in [-0.2, -0.15) is 0 Å². The van der Waals surface area contributed by atoms with E-state index in [1.165, 1.54) is 17.7 Å². The first-order valence-corrected chi connectivity index (χ1v) is 16.7. The second kappa shape index (κ2) is 9.48. The fraction of sp³-hybridized carbons (Fsp3) is 0.941. The third kappa shape index (κ3) is 3.72. The first-order chi connectivity index (χ1) is 19.5. The van der Waals surface area contributed by atoms with Gasteiger partial charge in [0.05, 0.1) is 18.3 Å². The van der Waals surface area contributed by atoms with Gasteiger partial charge >= 0.3 is 12.2 Å². The molecule has 6 rings (SSSR count). The number of fused-ring (bicyclic) bond motifs is 4. The molecule has 8 nitrogen and oxygen atoms in total. The number of aliphatic hydroxyl groups excluding tert-OH is 1. The molecule has 0 aromatic heterocycles. The van der Waals surface area contributed by atoms with Gasteiger partial charge in [-0.15, -0.1) is 0 Å². The number of amides is 2. The number of primary amides is 1. The van der Waals surface area contributed by atoms with Gasteiger partial charge in [-0.3, -0.25) is 0 Å². The van der Waals surface area contributed by atoms with Gasteiger partial charge in [0.15, 0.2) is 0 Å². The molecule has 3 N–H and O–H groups in total. The number of ether oxygens (including phenoxy) is 3. The molecule has 2 spiro atoms. The summed E-state index contributed by atoms with van der Waals surface area (Å²) in [6.45, 7) is 15.9. The van der Waals surface area contributed by atoms with Crippen LogP contribution < -0.4 is 5.73 Å². The van der Waals surface area contributed by atoms with Crippen molar-refractivity contribution >= 4 is 12.2 Å². The van der Waals surface area contributed by atoms with Crippen molar-refractivity contribution in [3.8, 4) is 0 Å². The first-order valence-electron chi connectivity index (χ1n) is 16.7. The van der Waals surface area contributed by atoms with Crippen LogP contribution in [-0.4, -0.2) is 66.8 Å². The van der Waals surface area contributed by atoms with Gasteiger partial charge in [0, 0.05) is 24.9 Å². The van der Waals surface area contributed by atoms with Crippen molar-refractivity contribution in [3.63, 3.8) is 0 Å². The van der Waals surface area contributed by atoms with Crippen LogP contribution in [0.5, 0.6) is 0 Å². The smallest absolute Gasteiger partial charge is 0.409 e. The summed E-state index contributed by atoms with van der Waals surface area (Å²) in [5.41, 5.74) is 5.58. The summed E-state index contributed by atoms with van der Waals surface area (Å²) in [5, 5.41) is 12.5. The minimum absolute atomic E-state index is 0.0244. The van der Waals surface area contributed by atoms with Gasteiger partial charge in [0.1, 0.15) is 12.2 Å². The van der Waals surface area contributed by atoms with Crippen molar-refractivity contribution in [1.82, 2.24) is 4.90 Å². The number of nitrogens with zero attached hydrogens (tertiary/aromatic N) is 1. The van der Waals surface area contributed by atoms with Crippen LogP contribution in [0.2, 0.25) is 0 Å². The van der Waals surface area contributed by atoms with Crippen molar-refractivity contribution in [2.45, 2.75) is 130 Å². The van der Waals surface area contributed by atoms with Crippen molar-refractivity contribution in [1.29, 1.82) is 0 Å². The molecule has 0 unspecified atom stereocenters. The molecule has 2 amide bonds. The topological polar surface area (TPSA) is 111 Å². The highest BCUT2D eigenvalue weighted by Crippen LogP contribution is 2.89. The van der Waals surface area contributed by atoms with E-state index in [1.54, 1.807) is 14.1 Å². The zero-order valence-corrected chi connectivity index (χ0v) is 27.4. The molecule has 0 bridgehead atoms. The molecule has 6 aliphatic rings. The number of carbonyl (C=O) groups is 2. The molecule has 42 heavy (non-hydrogen) atoms. The lowest BCUT2D eigenvalue weighted by molar-refractivity contribution is -0.184. The van der Waals surface area contributed by atoms with Gasteiger partial charge in [-0.1, -0.05) is 48.5 Å². The Morgan fingerprint density at radius 1 is 1.00 bits per heavy atom. The van der Waals surface area contributed by atoms with E-state index in [0.29, 0.717) is 17.8 Å². The third-order valence-corrected chi connectivity index (χ3v) is 14.6. The highest BCUT2D eigenvalue weighted by atomic mass is 16.6. The van der Waals surface area contributed by atoms with Crippen LogP contribution in [0.4, 0.5) is 9.59 Å². The zero-order chi connectivity index (χ0) is 30.8. The maximum Gasteiger partial charge on any atom is 0.409 e. The van der Waals surface area contributed by atoms with Crippen molar-refractivity contribution in [3.05, 3.63) is 0 Å². The van der Waals surface area contributed by atoms with E-state index in [0.717, 1.165) is 38.5 Å². The summed E-state index contributed by atoms with van der Waals surface area (Å²) in [6, 6.07) is 0. The van der Waals surface area contributed by atoms with Gasteiger partial charge in [-0.05, 0) is 97.2 Å². The molecular formula is C34H56N2O6.